The van der Waals surface area contributed by atoms with Crippen molar-refractivity contribution in [3.05, 3.63) is 47.7 Å². The summed E-state index contributed by atoms with van der Waals surface area (Å²) in [6.45, 7) is 1.35. The fraction of sp³-hybridized carbons (Fsp3) is 0.250. The van der Waals surface area contributed by atoms with Crippen molar-refractivity contribution in [2.45, 2.75) is 17.7 Å². The van der Waals surface area contributed by atoms with E-state index in [4.69, 9.17) is 0 Å². The van der Waals surface area contributed by atoms with Crippen molar-refractivity contribution in [1.29, 1.82) is 0 Å². The summed E-state index contributed by atoms with van der Waals surface area (Å²) in [5.74, 6) is -3.45. The molecule has 0 atom stereocenters. The molecule has 1 aromatic heterocycles. The number of rotatable bonds is 5. The van der Waals surface area contributed by atoms with Gasteiger partial charge in [0.2, 0.25) is 0 Å². The van der Waals surface area contributed by atoms with E-state index < -0.39 is 32.5 Å². The number of hydrogen-bond acceptors (Lipinski definition) is 5. The smallest absolute Gasteiger partial charge is 0.339 e. The van der Waals surface area contributed by atoms with Gasteiger partial charge < -0.3 is 10.0 Å². The predicted molar refractivity (Wildman–Crippen MR) is 89.8 cm³/mol. The summed E-state index contributed by atoms with van der Waals surface area (Å²) in [5.41, 5.74) is -0.229. The Morgan fingerprint density at radius 1 is 1.15 bits per heavy atom. The second-order valence-electron chi connectivity index (χ2n) is 5.78. The minimum Gasteiger partial charge on any atom is -0.478 e. The molecule has 0 aliphatic carbocycles. The lowest BCUT2D eigenvalue weighted by atomic mass is 10.2. The molecule has 26 heavy (non-hydrogen) atoms. The van der Waals surface area contributed by atoms with Gasteiger partial charge in [0.15, 0.2) is 11.6 Å². The number of nitrogens with one attached hydrogen (secondary N) is 1. The van der Waals surface area contributed by atoms with Crippen LogP contribution in [0.1, 0.15) is 23.2 Å². The Hall–Kier alpha value is -2.75. The van der Waals surface area contributed by atoms with Gasteiger partial charge in [-0.1, -0.05) is 0 Å². The molecular formula is C16H15F2N3O4S. The van der Waals surface area contributed by atoms with Gasteiger partial charge in [0.25, 0.3) is 10.0 Å². The molecule has 1 saturated heterocycles. The molecule has 0 saturated carbocycles. The van der Waals surface area contributed by atoms with Gasteiger partial charge >= 0.3 is 5.97 Å². The maximum Gasteiger partial charge on any atom is 0.339 e. The number of nitrogens with zero attached hydrogens (tertiary/aromatic N) is 2. The van der Waals surface area contributed by atoms with Gasteiger partial charge in [0.1, 0.15) is 11.4 Å². The van der Waals surface area contributed by atoms with Crippen LogP contribution in [0.15, 0.2) is 35.4 Å². The standard InChI is InChI=1S/C16H15F2N3O4S/c17-13-4-3-11(8-14(13)18)26(24,25)20-10-7-12(16(22)23)15(19-9-10)21-5-1-2-6-21/h3-4,7-9,20H,1-2,5-6H2,(H,22,23). The van der Waals surface area contributed by atoms with Crippen molar-refractivity contribution in [3.8, 4) is 0 Å². The highest BCUT2D eigenvalue weighted by Gasteiger charge is 2.23. The lowest BCUT2D eigenvalue weighted by molar-refractivity contribution is 0.0697. The number of aromatic nitrogens is 1. The Morgan fingerprint density at radius 2 is 1.85 bits per heavy atom. The molecule has 1 aromatic carbocycles. The fourth-order valence-electron chi connectivity index (χ4n) is 2.71. The van der Waals surface area contributed by atoms with E-state index in [1.165, 1.54) is 6.20 Å². The van der Waals surface area contributed by atoms with Crippen LogP contribution in [0.4, 0.5) is 20.3 Å². The number of halogens is 2. The van der Waals surface area contributed by atoms with E-state index in [0.717, 1.165) is 25.0 Å². The third-order valence-electron chi connectivity index (χ3n) is 3.96. The molecule has 10 heteroatoms. The van der Waals surface area contributed by atoms with E-state index in [1.54, 1.807) is 0 Å². The third-order valence-corrected chi connectivity index (χ3v) is 5.34. The van der Waals surface area contributed by atoms with E-state index >= 15 is 0 Å². The second kappa shape index (κ2) is 6.87. The molecule has 1 fully saturated rings. The Kier molecular flexibility index (Phi) is 4.77. The Labute approximate surface area is 148 Å². The van der Waals surface area contributed by atoms with Crippen LogP contribution in [-0.4, -0.2) is 37.6 Å². The zero-order valence-corrected chi connectivity index (χ0v) is 14.3. The molecule has 0 amide bonds. The van der Waals surface area contributed by atoms with E-state index in [9.17, 15) is 27.1 Å². The SMILES string of the molecule is O=C(O)c1cc(NS(=O)(=O)c2ccc(F)c(F)c2)cnc1N1CCCC1. The Bertz CT molecular complexity index is 960. The van der Waals surface area contributed by atoms with Gasteiger partial charge in [-0.05, 0) is 37.1 Å². The summed E-state index contributed by atoms with van der Waals surface area (Å²) >= 11 is 0. The minimum atomic E-state index is -4.23. The van der Waals surface area contributed by atoms with Crippen LogP contribution in [0.2, 0.25) is 0 Å². The zero-order valence-electron chi connectivity index (χ0n) is 13.4. The Balaban J connectivity index is 1.92. The molecular weight excluding hydrogens is 368 g/mol. The largest absolute Gasteiger partial charge is 0.478 e. The van der Waals surface area contributed by atoms with Crippen LogP contribution >= 0.6 is 0 Å². The minimum absolute atomic E-state index is 0.0879. The number of benzene rings is 1. The zero-order chi connectivity index (χ0) is 18.9. The van der Waals surface area contributed by atoms with E-state index in [2.05, 4.69) is 9.71 Å². The third kappa shape index (κ3) is 3.59. The van der Waals surface area contributed by atoms with E-state index in [1.807, 2.05) is 4.90 Å². The number of carboxylic acid groups (broad SMARTS) is 1. The van der Waals surface area contributed by atoms with Crippen molar-refractivity contribution in [1.82, 2.24) is 4.98 Å². The highest BCUT2D eigenvalue weighted by Crippen LogP contribution is 2.26. The normalized spacial score (nSPS) is 14.5. The first-order valence-electron chi connectivity index (χ1n) is 7.74. The van der Waals surface area contributed by atoms with Gasteiger partial charge in [0.05, 0.1) is 16.8 Å². The molecule has 2 heterocycles. The van der Waals surface area contributed by atoms with E-state index in [-0.39, 0.29) is 17.1 Å². The summed E-state index contributed by atoms with van der Waals surface area (Å²) in [7, 11) is -4.23. The fourth-order valence-corrected chi connectivity index (χ4v) is 3.76. The molecule has 138 valence electrons. The highest BCUT2D eigenvalue weighted by atomic mass is 32.2. The number of carbonyl (C=O) groups is 1. The topological polar surface area (TPSA) is 99.6 Å². The molecule has 7 nitrogen and oxygen atoms in total. The summed E-state index contributed by atoms with van der Waals surface area (Å²) < 4.78 is 53.0. The lowest BCUT2D eigenvalue weighted by Gasteiger charge is -2.19. The first kappa shape index (κ1) is 18.1. The monoisotopic (exact) mass is 383 g/mol. The average Bonchev–Trinajstić information content (AvgIpc) is 3.11. The van der Waals surface area contributed by atoms with Crippen LogP contribution in [-0.2, 0) is 10.0 Å². The molecule has 2 aromatic rings. The number of hydrogen-bond donors (Lipinski definition) is 2. The summed E-state index contributed by atoms with van der Waals surface area (Å²) in [6.07, 6.45) is 3.04. The van der Waals surface area contributed by atoms with Gasteiger partial charge in [0, 0.05) is 13.1 Å². The van der Waals surface area contributed by atoms with Crippen molar-refractivity contribution in [2.75, 3.05) is 22.7 Å². The second-order valence-corrected chi connectivity index (χ2v) is 7.46. The molecule has 2 N–H and O–H groups in total. The van der Waals surface area contributed by atoms with Gasteiger partial charge in [-0.15, -0.1) is 0 Å². The van der Waals surface area contributed by atoms with Crippen LogP contribution < -0.4 is 9.62 Å². The van der Waals surface area contributed by atoms with Gasteiger partial charge in [-0.25, -0.2) is 27.0 Å². The quantitative estimate of drug-likeness (QED) is 0.823. The summed E-state index contributed by atoms with van der Waals surface area (Å²) in [6, 6.07) is 3.30. The number of anilines is 2. The van der Waals surface area contributed by atoms with Crippen molar-refractivity contribution in [2.24, 2.45) is 0 Å². The van der Waals surface area contributed by atoms with Crippen LogP contribution in [0.5, 0.6) is 0 Å². The maximum absolute atomic E-state index is 13.3. The first-order chi connectivity index (χ1) is 12.3. The summed E-state index contributed by atoms with van der Waals surface area (Å²) in [4.78, 5) is 16.9. The van der Waals surface area contributed by atoms with Crippen molar-refractivity contribution >= 4 is 27.5 Å². The molecule has 0 bridgehead atoms. The molecule has 1 aliphatic heterocycles. The molecule has 1 aliphatic rings. The first-order valence-corrected chi connectivity index (χ1v) is 9.22. The van der Waals surface area contributed by atoms with Crippen LogP contribution in [0.25, 0.3) is 0 Å². The van der Waals surface area contributed by atoms with E-state index in [0.29, 0.717) is 25.2 Å². The number of sulfonamides is 1. The summed E-state index contributed by atoms with van der Waals surface area (Å²) in [5, 5.41) is 9.40. The van der Waals surface area contributed by atoms with Gasteiger partial charge in [-0.2, -0.15) is 0 Å². The molecule has 0 spiro atoms. The molecule has 3 rings (SSSR count). The number of aromatic carboxylic acids is 1. The Morgan fingerprint density at radius 3 is 2.46 bits per heavy atom. The maximum atomic E-state index is 13.3. The number of carboxylic acids is 1. The van der Waals surface area contributed by atoms with Crippen molar-refractivity contribution in [3.63, 3.8) is 0 Å². The predicted octanol–water partition coefficient (Wildman–Crippen LogP) is 2.46. The molecule has 0 unspecified atom stereocenters. The van der Waals surface area contributed by atoms with Gasteiger partial charge in [-0.3, -0.25) is 4.72 Å². The van der Waals surface area contributed by atoms with Crippen LogP contribution in [0.3, 0.4) is 0 Å². The highest BCUT2D eigenvalue weighted by molar-refractivity contribution is 7.92. The van der Waals surface area contributed by atoms with Crippen molar-refractivity contribution < 1.29 is 27.1 Å². The number of pyridine rings is 1. The lowest BCUT2D eigenvalue weighted by Crippen LogP contribution is -2.22. The average molecular weight is 383 g/mol. The molecule has 0 radical (unpaired) electrons. The van der Waals surface area contributed by atoms with Crippen LogP contribution in [0, 0.1) is 11.6 Å².